The Labute approximate surface area is 233 Å². The molecule has 0 aliphatic rings. The lowest BCUT2D eigenvalue weighted by Crippen LogP contribution is -2.51. The lowest BCUT2D eigenvalue weighted by molar-refractivity contribution is -0.130. The Morgan fingerprint density at radius 2 is 1.11 bits per heavy atom. The molecule has 0 bridgehead atoms. The summed E-state index contributed by atoms with van der Waals surface area (Å²) in [6.07, 6.45) is 2.92. The Bertz CT molecular complexity index is 802. The van der Waals surface area contributed by atoms with Gasteiger partial charge in [0.05, 0.1) is 12.1 Å². The van der Waals surface area contributed by atoms with Crippen LogP contribution in [0.3, 0.4) is 0 Å². The molecule has 0 fully saturated rings. The van der Waals surface area contributed by atoms with E-state index in [-0.39, 0.29) is 51.5 Å². The van der Waals surface area contributed by atoms with E-state index in [4.69, 9.17) is 0 Å². The van der Waals surface area contributed by atoms with Crippen LogP contribution in [0.5, 0.6) is 0 Å². The first-order valence-corrected chi connectivity index (χ1v) is 13.9. The summed E-state index contributed by atoms with van der Waals surface area (Å²) < 4.78 is 0. The predicted octanol–water partition coefficient (Wildman–Crippen LogP) is 6.01. The van der Waals surface area contributed by atoms with Gasteiger partial charge in [0.15, 0.2) is 11.6 Å². The van der Waals surface area contributed by atoms with Gasteiger partial charge in [0.1, 0.15) is 11.6 Å². The third-order valence-electron chi connectivity index (χ3n) is 5.87. The van der Waals surface area contributed by atoms with Crippen LogP contribution in [0.4, 0.5) is 0 Å². The summed E-state index contributed by atoms with van der Waals surface area (Å²) >= 11 is 0. The third-order valence-corrected chi connectivity index (χ3v) is 5.87. The zero-order valence-electron chi connectivity index (χ0n) is 26.9. The van der Waals surface area contributed by atoms with E-state index in [0.29, 0.717) is 32.1 Å². The van der Waals surface area contributed by atoms with Gasteiger partial charge in [0, 0.05) is 35.6 Å². The van der Waals surface area contributed by atoms with Crippen LogP contribution in [0.25, 0.3) is 0 Å². The van der Waals surface area contributed by atoms with E-state index in [9.17, 15) is 24.0 Å². The first-order chi connectivity index (χ1) is 16.8. The van der Waals surface area contributed by atoms with E-state index in [1.807, 2.05) is 62.3 Å². The molecule has 7 heteroatoms. The molecule has 2 unspecified atom stereocenters. The van der Waals surface area contributed by atoms with Gasteiger partial charge in [-0.2, -0.15) is 0 Å². The highest BCUT2D eigenvalue weighted by atomic mass is 16.2. The molecule has 0 aliphatic carbocycles. The molecule has 0 aromatic heterocycles. The van der Waals surface area contributed by atoms with Crippen molar-refractivity contribution in [1.82, 2.24) is 10.6 Å². The normalized spacial score (nSPS) is 14.1. The average molecular weight is 539 g/mol. The van der Waals surface area contributed by atoms with Crippen molar-refractivity contribution in [3.63, 3.8) is 0 Å². The maximum Gasteiger partial charge on any atom is 0.220 e. The molecule has 2 atom stereocenters. The first kappa shape index (κ1) is 38.3. The molecule has 222 valence electrons. The SMILES string of the molecule is CC(=O)CCC(NC(=O)CCC(C)(C)C)C(C)=O.CC(C)(C)NC(CCC(=O)C(C)(C)C)C(=O)C(C)(C)C. The molecular weight excluding hydrogens is 480 g/mol. The van der Waals surface area contributed by atoms with Crippen LogP contribution >= 0.6 is 0 Å². The van der Waals surface area contributed by atoms with Crippen LogP contribution in [0.2, 0.25) is 0 Å². The molecule has 7 nitrogen and oxygen atoms in total. The molecule has 0 spiro atoms. The highest BCUT2D eigenvalue weighted by Gasteiger charge is 2.33. The van der Waals surface area contributed by atoms with Crippen LogP contribution in [-0.2, 0) is 24.0 Å². The molecule has 0 heterocycles. The lowest BCUT2D eigenvalue weighted by Gasteiger charge is -2.32. The van der Waals surface area contributed by atoms with Crippen LogP contribution in [-0.4, -0.2) is 46.7 Å². The molecule has 0 aromatic carbocycles. The zero-order valence-corrected chi connectivity index (χ0v) is 26.9. The van der Waals surface area contributed by atoms with Gasteiger partial charge in [-0.1, -0.05) is 62.3 Å². The van der Waals surface area contributed by atoms with Crippen LogP contribution in [0, 0.1) is 16.2 Å². The van der Waals surface area contributed by atoms with Crippen LogP contribution in [0.15, 0.2) is 0 Å². The number of carbonyl (C=O) groups is 5. The van der Waals surface area contributed by atoms with Crippen molar-refractivity contribution in [3.8, 4) is 0 Å². The Balaban J connectivity index is 0. The van der Waals surface area contributed by atoms with E-state index >= 15 is 0 Å². The van der Waals surface area contributed by atoms with Gasteiger partial charge in [0.2, 0.25) is 5.91 Å². The average Bonchev–Trinajstić information content (AvgIpc) is 2.69. The minimum absolute atomic E-state index is 0.0326. The predicted molar refractivity (Wildman–Crippen MR) is 156 cm³/mol. The molecule has 2 N–H and O–H groups in total. The number of hydrogen-bond acceptors (Lipinski definition) is 6. The number of Topliss-reactive ketones (excluding diaryl/α,β-unsaturated/α-hetero) is 4. The maximum atomic E-state index is 12.5. The van der Waals surface area contributed by atoms with Gasteiger partial charge in [0.25, 0.3) is 0 Å². The molecule has 0 aliphatic heterocycles. The number of ketones is 4. The van der Waals surface area contributed by atoms with Gasteiger partial charge in [-0.15, -0.1) is 0 Å². The quantitative estimate of drug-likeness (QED) is 0.315. The van der Waals surface area contributed by atoms with Gasteiger partial charge < -0.3 is 15.4 Å². The standard InChI is InChI=1S/C17H33NO2.C14H25NO3/c1-15(2,3)13(19)11-10-12(18-17(7,8)9)14(20)16(4,5)6;1-10(16)6-7-12(11(2)17)15-13(18)8-9-14(3,4)5/h12,18H,10-11H2,1-9H3;12H,6-9H2,1-5H3,(H,15,18). The lowest BCUT2D eigenvalue weighted by atomic mass is 9.81. The minimum Gasteiger partial charge on any atom is -0.346 e. The third kappa shape index (κ3) is 20.1. The van der Waals surface area contributed by atoms with E-state index in [0.717, 1.165) is 6.42 Å². The Hall–Kier alpha value is -1.89. The van der Waals surface area contributed by atoms with Crippen LogP contribution < -0.4 is 10.6 Å². The number of rotatable bonds is 12. The fraction of sp³-hybridized carbons (Fsp3) is 0.839. The van der Waals surface area contributed by atoms with Crippen LogP contribution in [0.1, 0.15) is 135 Å². The number of carbonyl (C=O) groups excluding carboxylic acids is 5. The van der Waals surface area contributed by atoms with Gasteiger partial charge >= 0.3 is 0 Å². The molecule has 0 rings (SSSR count). The minimum atomic E-state index is -0.527. The largest absolute Gasteiger partial charge is 0.346 e. The summed E-state index contributed by atoms with van der Waals surface area (Å²) in [5.74, 6) is 0.202. The maximum absolute atomic E-state index is 12.5. The highest BCUT2D eigenvalue weighted by molar-refractivity contribution is 5.90. The van der Waals surface area contributed by atoms with Crippen molar-refractivity contribution in [3.05, 3.63) is 0 Å². The molecule has 0 saturated heterocycles. The van der Waals surface area contributed by atoms with E-state index < -0.39 is 11.5 Å². The van der Waals surface area contributed by atoms with Crippen molar-refractivity contribution in [1.29, 1.82) is 0 Å². The fourth-order valence-corrected chi connectivity index (χ4v) is 3.44. The summed E-state index contributed by atoms with van der Waals surface area (Å²) in [5.41, 5.74) is -0.774. The molecule has 38 heavy (non-hydrogen) atoms. The molecule has 0 radical (unpaired) electrons. The Kier molecular flexibility index (Phi) is 15.7. The van der Waals surface area contributed by atoms with E-state index in [1.165, 1.54) is 13.8 Å². The van der Waals surface area contributed by atoms with E-state index in [2.05, 4.69) is 31.4 Å². The Morgan fingerprint density at radius 1 is 0.632 bits per heavy atom. The van der Waals surface area contributed by atoms with Crippen molar-refractivity contribution in [2.75, 3.05) is 0 Å². The summed E-state index contributed by atoms with van der Waals surface area (Å²) in [6, 6.07) is -0.789. The fourth-order valence-electron chi connectivity index (χ4n) is 3.44. The summed E-state index contributed by atoms with van der Waals surface area (Å²) in [7, 11) is 0. The monoisotopic (exact) mass is 538 g/mol. The van der Waals surface area contributed by atoms with Gasteiger partial charge in [-0.3, -0.25) is 19.2 Å². The summed E-state index contributed by atoms with van der Waals surface area (Å²) in [6.45, 7) is 26.8. The van der Waals surface area contributed by atoms with Crippen molar-refractivity contribution < 1.29 is 24.0 Å². The zero-order chi connectivity index (χ0) is 30.7. The highest BCUT2D eigenvalue weighted by Crippen LogP contribution is 2.24. The number of hydrogen-bond donors (Lipinski definition) is 2. The Morgan fingerprint density at radius 3 is 1.45 bits per heavy atom. The van der Waals surface area contributed by atoms with Gasteiger partial charge in [-0.05, 0) is 59.3 Å². The molecule has 1 amide bonds. The molecule has 0 saturated carbocycles. The first-order valence-electron chi connectivity index (χ1n) is 13.9. The second-order valence-electron chi connectivity index (χ2n) is 14.8. The number of nitrogens with one attached hydrogen (secondary N) is 2. The topological polar surface area (TPSA) is 109 Å². The summed E-state index contributed by atoms with van der Waals surface area (Å²) in [4.78, 5) is 58.6. The second kappa shape index (κ2) is 15.6. The van der Waals surface area contributed by atoms with Crippen molar-refractivity contribution >= 4 is 29.0 Å². The molecular formula is C31H58N2O5. The summed E-state index contributed by atoms with van der Waals surface area (Å²) in [5, 5.41) is 6.07. The van der Waals surface area contributed by atoms with Gasteiger partial charge in [-0.25, -0.2) is 0 Å². The van der Waals surface area contributed by atoms with E-state index in [1.54, 1.807) is 0 Å². The van der Waals surface area contributed by atoms with Crippen molar-refractivity contribution in [2.45, 2.75) is 153 Å². The number of amides is 1. The smallest absolute Gasteiger partial charge is 0.220 e. The molecule has 0 aromatic rings. The van der Waals surface area contributed by atoms with Crippen molar-refractivity contribution in [2.24, 2.45) is 16.2 Å². The second-order valence-corrected chi connectivity index (χ2v) is 14.8.